The molecule has 1 amide bonds. The summed E-state index contributed by atoms with van der Waals surface area (Å²) in [6.45, 7) is 5.09. The van der Waals surface area contributed by atoms with Crippen molar-refractivity contribution in [2.75, 3.05) is 36.0 Å². The van der Waals surface area contributed by atoms with Gasteiger partial charge in [0.1, 0.15) is 5.71 Å². The highest BCUT2D eigenvalue weighted by Gasteiger charge is 2.37. The fraction of sp³-hybridized carbons (Fsp3) is 0.391. The van der Waals surface area contributed by atoms with E-state index < -0.39 is 0 Å². The van der Waals surface area contributed by atoms with Gasteiger partial charge in [-0.3, -0.25) is 9.79 Å². The normalized spacial score (nSPS) is 19.7. The summed E-state index contributed by atoms with van der Waals surface area (Å²) in [5, 5.41) is 5.66. The number of carbonyl (C=O) groups is 1. The lowest BCUT2D eigenvalue weighted by Gasteiger charge is -2.30. The van der Waals surface area contributed by atoms with E-state index in [2.05, 4.69) is 47.5 Å². The van der Waals surface area contributed by atoms with Gasteiger partial charge in [-0.15, -0.1) is 0 Å². The Labute approximate surface area is 170 Å². The quantitative estimate of drug-likeness (QED) is 0.772. The number of carbonyl (C=O) groups excluding carboxylic acids is 1. The third-order valence-corrected chi connectivity index (χ3v) is 6.82. The monoisotopic (exact) mass is 391 g/mol. The number of hydrogen-bond acceptors (Lipinski definition) is 4. The standard InChI is InChI=1S/C23H25N3OS/c1-2-3-4-10-24-22-20-16-8-9-18(26-11-13-28-14-12-26)15-6-5-7-17(19(15)16)21(20)25-23(22)27/h5-9H,2-4,10-14H2,1H3,(H,24,25,27). The predicted molar refractivity (Wildman–Crippen MR) is 120 cm³/mol. The third-order valence-electron chi connectivity index (χ3n) is 5.88. The third kappa shape index (κ3) is 2.75. The van der Waals surface area contributed by atoms with Crippen LogP contribution >= 0.6 is 11.8 Å². The Morgan fingerprint density at radius 3 is 2.79 bits per heavy atom. The molecule has 0 spiro atoms. The summed E-state index contributed by atoms with van der Waals surface area (Å²) in [6, 6.07) is 10.9. The summed E-state index contributed by atoms with van der Waals surface area (Å²) < 4.78 is 0. The van der Waals surface area contributed by atoms with Gasteiger partial charge in [-0.25, -0.2) is 0 Å². The van der Waals surface area contributed by atoms with Crippen LogP contribution in [0.4, 0.5) is 5.69 Å². The molecule has 2 heterocycles. The summed E-state index contributed by atoms with van der Waals surface area (Å²) >= 11 is 2.03. The number of thioether (sulfide) groups is 1. The average Bonchev–Trinajstić information content (AvgIpc) is 3.22. The van der Waals surface area contributed by atoms with E-state index in [0.29, 0.717) is 5.71 Å². The van der Waals surface area contributed by atoms with Crippen LogP contribution in [0.1, 0.15) is 37.3 Å². The van der Waals surface area contributed by atoms with Crippen LogP contribution < -0.4 is 10.2 Å². The minimum absolute atomic E-state index is 0.0544. The van der Waals surface area contributed by atoms with Crippen LogP contribution in [-0.4, -0.2) is 42.8 Å². The molecule has 0 atom stereocenters. The molecule has 1 aliphatic carbocycles. The summed E-state index contributed by atoms with van der Waals surface area (Å²) in [5.41, 5.74) is 6.19. The van der Waals surface area contributed by atoms with Crippen molar-refractivity contribution in [1.82, 2.24) is 5.32 Å². The van der Waals surface area contributed by atoms with E-state index in [4.69, 9.17) is 4.99 Å². The van der Waals surface area contributed by atoms with Crippen molar-refractivity contribution in [3.63, 3.8) is 0 Å². The first-order chi connectivity index (χ1) is 13.8. The molecule has 0 aromatic heterocycles. The van der Waals surface area contributed by atoms with Crippen LogP contribution in [-0.2, 0) is 4.79 Å². The van der Waals surface area contributed by atoms with Crippen LogP contribution in [0.2, 0.25) is 0 Å². The zero-order valence-electron chi connectivity index (χ0n) is 16.3. The average molecular weight is 392 g/mol. The minimum atomic E-state index is -0.0544. The Bertz CT molecular complexity index is 1020. The second-order valence-electron chi connectivity index (χ2n) is 7.60. The van der Waals surface area contributed by atoms with Crippen LogP contribution in [0.25, 0.3) is 22.0 Å². The molecule has 1 fully saturated rings. The van der Waals surface area contributed by atoms with Crippen molar-refractivity contribution >= 4 is 51.1 Å². The molecule has 0 radical (unpaired) electrons. The lowest BCUT2D eigenvalue weighted by molar-refractivity contribution is -0.113. The maximum absolute atomic E-state index is 12.6. The molecule has 1 N–H and O–H groups in total. The first-order valence-corrected chi connectivity index (χ1v) is 11.4. The zero-order chi connectivity index (χ0) is 19.1. The van der Waals surface area contributed by atoms with Gasteiger partial charge in [-0.1, -0.05) is 44.0 Å². The number of rotatable bonds is 5. The molecule has 4 nitrogen and oxygen atoms in total. The lowest BCUT2D eigenvalue weighted by atomic mass is 9.98. The maximum Gasteiger partial charge on any atom is 0.274 e. The van der Waals surface area contributed by atoms with Gasteiger partial charge in [0, 0.05) is 58.7 Å². The van der Waals surface area contributed by atoms with Gasteiger partial charge >= 0.3 is 0 Å². The van der Waals surface area contributed by atoms with E-state index in [-0.39, 0.29) is 5.91 Å². The van der Waals surface area contributed by atoms with Crippen LogP contribution in [0.3, 0.4) is 0 Å². The molecule has 0 bridgehead atoms. The number of fused-ring (bicyclic) bond motifs is 2. The SMILES string of the molecule is CCCCCN=C1C(=O)NC2=C1c1ccc(N3CCSCC3)c3cccc2c13. The topological polar surface area (TPSA) is 44.7 Å². The molecule has 5 heteroatoms. The molecule has 5 rings (SSSR count). The van der Waals surface area contributed by atoms with E-state index in [1.54, 1.807) is 0 Å². The molecule has 2 aromatic rings. The number of hydrogen-bond donors (Lipinski definition) is 1. The van der Waals surface area contributed by atoms with E-state index in [9.17, 15) is 4.79 Å². The smallest absolute Gasteiger partial charge is 0.274 e. The van der Waals surface area contributed by atoms with Crippen LogP contribution in [0, 0.1) is 0 Å². The fourth-order valence-corrected chi connectivity index (χ4v) is 5.43. The van der Waals surface area contributed by atoms with Crippen molar-refractivity contribution in [2.45, 2.75) is 26.2 Å². The van der Waals surface area contributed by atoms with E-state index in [1.807, 2.05) is 11.8 Å². The summed E-state index contributed by atoms with van der Waals surface area (Å²) in [6.07, 6.45) is 3.34. The molecule has 0 saturated carbocycles. The second-order valence-corrected chi connectivity index (χ2v) is 8.83. The van der Waals surface area contributed by atoms with Gasteiger partial charge in [0.2, 0.25) is 0 Å². The van der Waals surface area contributed by atoms with E-state index in [1.165, 1.54) is 28.0 Å². The van der Waals surface area contributed by atoms with Gasteiger partial charge in [-0.2, -0.15) is 11.8 Å². The van der Waals surface area contributed by atoms with Crippen molar-refractivity contribution in [3.8, 4) is 0 Å². The first kappa shape index (κ1) is 17.8. The number of unbranched alkanes of at least 4 members (excludes halogenated alkanes) is 2. The highest BCUT2D eigenvalue weighted by atomic mass is 32.2. The molecule has 0 unspecified atom stereocenters. The Morgan fingerprint density at radius 2 is 1.96 bits per heavy atom. The number of benzene rings is 2. The summed E-state index contributed by atoms with van der Waals surface area (Å²) in [5.74, 6) is 2.31. The van der Waals surface area contributed by atoms with Crippen molar-refractivity contribution in [1.29, 1.82) is 0 Å². The van der Waals surface area contributed by atoms with Gasteiger partial charge in [0.25, 0.3) is 5.91 Å². The Kier molecular flexibility index (Phi) is 4.63. The molecule has 28 heavy (non-hydrogen) atoms. The molecule has 144 valence electrons. The van der Waals surface area contributed by atoms with Crippen molar-refractivity contribution in [3.05, 3.63) is 41.5 Å². The second kappa shape index (κ2) is 7.28. The fourth-order valence-electron chi connectivity index (χ4n) is 4.52. The Morgan fingerprint density at radius 1 is 1.11 bits per heavy atom. The Hall–Kier alpha value is -2.27. The number of nitrogens with one attached hydrogen (secondary N) is 1. The van der Waals surface area contributed by atoms with Gasteiger partial charge in [0.15, 0.2) is 0 Å². The lowest BCUT2D eigenvalue weighted by Crippen LogP contribution is -2.32. The van der Waals surface area contributed by atoms with Crippen molar-refractivity contribution in [2.24, 2.45) is 4.99 Å². The summed E-state index contributed by atoms with van der Waals surface area (Å²) in [7, 11) is 0. The molecular weight excluding hydrogens is 366 g/mol. The first-order valence-electron chi connectivity index (χ1n) is 10.3. The van der Waals surface area contributed by atoms with Gasteiger partial charge in [-0.05, 0) is 18.1 Å². The molecule has 1 saturated heterocycles. The highest BCUT2D eigenvalue weighted by molar-refractivity contribution is 7.99. The van der Waals surface area contributed by atoms with E-state index >= 15 is 0 Å². The largest absolute Gasteiger partial charge is 0.369 e. The molecular formula is C23H25N3OS. The zero-order valence-corrected chi connectivity index (χ0v) is 17.1. The van der Waals surface area contributed by atoms with Gasteiger partial charge < -0.3 is 10.2 Å². The highest BCUT2D eigenvalue weighted by Crippen LogP contribution is 2.46. The molecule has 3 aliphatic rings. The number of nitrogens with zero attached hydrogens (tertiary/aromatic N) is 2. The minimum Gasteiger partial charge on any atom is -0.369 e. The number of aliphatic imine (C=N–C) groups is 1. The molecule has 2 aromatic carbocycles. The predicted octanol–water partition coefficient (Wildman–Crippen LogP) is 4.34. The van der Waals surface area contributed by atoms with Crippen molar-refractivity contribution < 1.29 is 4.79 Å². The summed E-state index contributed by atoms with van der Waals surface area (Å²) in [4.78, 5) is 19.8. The maximum atomic E-state index is 12.6. The Balaban J connectivity index is 1.58. The van der Waals surface area contributed by atoms with Crippen LogP contribution in [0.5, 0.6) is 0 Å². The number of amides is 1. The van der Waals surface area contributed by atoms with Gasteiger partial charge in [0.05, 0.1) is 5.70 Å². The van der Waals surface area contributed by atoms with Crippen LogP contribution in [0.15, 0.2) is 35.3 Å². The van der Waals surface area contributed by atoms with E-state index in [0.717, 1.165) is 61.3 Å². The number of anilines is 1. The molecule has 2 aliphatic heterocycles.